The van der Waals surface area contributed by atoms with Gasteiger partial charge in [-0.2, -0.15) is 9.78 Å². The molecular formula is C9H10N4O2. The van der Waals surface area contributed by atoms with E-state index < -0.39 is 0 Å². The maximum absolute atomic E-state index is 9.55. The van der Waals surface area contributed by atoms with Gasteiger partial charge in [-0.05, 0) is 6.92 Å². The summed E-state index contributed by atoms with van der Waals surface area (Å²) in [6.45, 7) is 1.79. The van der Waals surface area contributed by atoms with Crippen LogP contribution in [0.5, 0.6) is 11.8 Å². The number of nitrogens with zero attached hydrogens (tertiary/aromatic N) is 4. The average molecular weight is 206 g/mol. The lowest BCUT2D eigenvalue weighted by atomic mass is 10.5. The van der Waals surface area contributed by atoms with Gasteiger partial charge in [0.2, 0.25) is 11.8 Å². The number of aromatic hydroxyl groups is 1. The Morgan fingerprint density at radius 1 is 1.33 bits per heavy atom. The highest BCUT2D eigenvalue weighted by Crippen LogP contribution is 2.17. The summed E-state index contributed by atoms with van der Waals surface area (Å²) in [5.74, 6) is 0.924. The van der Waals surface area contributed by atoms with E-state index in [1.165, 1.54) is 18.1 Å². The van der Waals surface area contributed by atoms with Gasteiger partial charge in [0.1, 0.15) is 6.33 Å². The van der Waals surface area contributed by atoms with Gasteiger partial charge < -0.3 is 9.84 Å². The van der Waals surface area contributed by atoms with Crippen molar-refractivity contribution >= 4 is 0 Å². The van der Waals surface area contributed by atoms with Crippen molar-refractivity contribution < 1.29 is 9.84 Å². The fourth-order valence-corrected chi connectivity index (χ4v) is 1.21. The monoisotopic (exact) mass is 206 g/mol. The second kappa shape index (κ2) is 3.56. The molecule has 0 amide bonds. The summed E-state index contributed by atoms with van der Waals surface area (Å²) in [6.07, 6.45) is 1.35. The molecule has 1 N–H and O–H groups in total. The number of aryl methyl sites for hydroxylation is 1. The molecule has 0 bridgehead atoms. The molecule has 15 heavy (non-hydrogen) atoms. The Labute approximate surface area is 86.2 Å². The van der Waals surface area contributed by atoms with Gasteiger partial charge >= 0.3 is 0 Å². The van der Waals surface area contributed by atoms with Crippen molar-refractivity contribution in [1.82, 2.24) is 19.7 Å². The minimum Gasteiger partial charge on any atom is -0.493 e. The van der Waals surface area contributed by atoms with Crippen LogP contribution in [0.15, 0.2) is 18.5 Å². The summed E-state index contributed by atoms with van der Waals surface area (Å²) in [5.41, 5.74) is 0.713. The van der Waals surface area contributed by atoms with Crippen molar-refractivity contribution in [2.75, 3.05) is 7.11 Å². The molecular weight excluding hydrogens is 196 g/mol. The highest BCUT2D eigenvalue weighted by molar-refractivity contribution is 5.31. The van der Waals surface area contributed by atoms with Crippen LogP contribution in [0, 0.1) is 6.92 Å². The molecule has 0 aromatic carbocycles. The molecule has 0 aliphatic heterocycles. The van der Waals surface area contributed by atoms with E-state index in [9.17, 15) is 5.11 Å². The van der Waals surface area contributed by atoms with Crippen LogP contribution >= 0.6 is 0 Å². The number of rotatable bonds is 2. The van der Waals surface area contributed by atoms with E-state index in [2.05, 4.69) is 15.1 Å². The maximum atomic E-state index is 9.55. The first-order chi connectivity index (χ1) is 7.20. The normalized spacial score (nSPS) is 10.3. The van der Waals surface area contributed by atoms with Gasteiger partial charge in [-0.1, -0.05) is 0 Å². The third kappa shape index (κ3) is 1.74. The van der Waals surface area contributed by atoms with E-state index in [1.54, 1.807) is 19.1 Å². The van der Waals surface area contributed by atoms with E-state index in [4.69, 9.17) is 4.74 Å². The van der Waals surface area contributed by atoms with Crippen LogP contribution in [-0.2, 0) is 0 Å². The summed E-state index contributed by atoms with van der Waals surface area (Å²) in [5, 5.41) is 13.6. The molecule has 6 nitrogen and oxygen atoms in total. The number of ether oxygens (including phenoxy) is 1. The number of aromatic nitrogens is 4. The van der Waals surface area contributed by atoms with Crippen LogP contribution < -0.4 is 4.74 Å². The molecule has 2 aromatic rings. The van der Waals surface area contributed by atoms with Crippen molar-refractivity contribution in [3.63, 3.8) is 0 Å². The maximum Gasteiger partial charge on any atom is 0.218 e. The molecule has 0 aliphatic carbocycles. The molecule has 0 atom stereocenters. The lowest BCUT2D eigenvalue weighted by Crippen LogP contribution is -2.00. The minimum absolute atomic E-state index is 0.0354. The lowest BCUT2D eigenvalue weighted by molar-refractivity contribution is 0.394. The summed E-state index contributed by atoms with van der Waals surface area (Å²) in [6, 6.07) is 3.14. The van der Waals surface area contributed by atoms with Crippen LogP contribution in [0.2, 0.25) is 0 Å². The Morgan fingerprint density at radius 3 is 2.73 bits per heavy atom. The molecule has 2 rings (SSSR count). The Bertz CT molecular complexity index is 481. The molecule has 2 aromatic heterocycles. The van der Waals surface area contributed by atoms with Crippen molar-refractivity contribution in [2.45, 2.75) is 6.92 Å². The number of methoxy groups -OCH3 is 1. The molecule has 0 spiro atoms. The first kappa shape index (κ1) is 9.45. The molecule has 78 valence electrons. The topological polar surface area (TPSA) is 73.1 Å². The number of hydrogen-bond donors (Lipinski definition) is 1. The first-order valence-electron chi connectivity index (χ1n) is 4.33. The van der Waals surface area contributed by atoms with Gasteiger partial charge in [-0.15, -0.1) is 0 Å². The predicted octanol–water partition coefficient (Wildman–Crippen LogP) is 0.685. The zero-order valence-electron chi connectivity index (χ0n) is 8.38. The van der Waals surface area contributed by atoms with Crippen molar-refractivity contribution in [2.24, 2.45) is 0 Å². The van der Waals surface area contributed by atoms with Gasteiger partial charge in [0.25, 0.3) is 0 Å². The summed E-state index contributed by atoms with van der Waals surface area (Å²) < 4.78 is 6.27. The van der Waals surface area contributed by atoms with Crippen LogP contribution in [0.25, 0.3) is 5.82 Å². The second-order valence-corrected chi connectivity index (χ2v) is 2.97. The Balaban J connectivity index is 2.49. The molecule has 0 fully saturated rings. The predicted molar refractivity (Wildman–Crippen MR) is 52.1 cm³/mol. The SMILES string of the molecule is COc1cc(-n2nc(C)cc2O)ncn1. The minimum atomic E-state index is 0.0354. The number of hydrogen-bond acceptors (Lipinski definition) is 5. The molecule has 0 unspecified atom stereocenters. The second-order valence-electron chi connectivity index (χ2n) is 2.97. The largest absolute Gasteiger partial charge is 0.493 e. The summed E-state index contributed by atoms with van der Waals surface area (Å²) in [7, 11) is 1.51. The summed E-state index contributed by atoms with van der Waals surface area (Å²) >= 11 is 0. The Hall–Kier alpha value is -2.11. The smallest absolute Gasteiger partial charge is 0.218 e. The fraction of sp³-hybridized carbons (Fsp3) is 0.222. The molecule has 0 radical (unpaired) electrons. The molecule has 0 saturated carbocycles. The van der Waals surface area contributed by atoms with E-state index in [0.717, 1.165) is 0 Å². The highest BCUT2D eigenvalue weighted by Gasteiger charge is 2.08. The van der Waals surface area contributed by atoms with Crippen LogP contribution in [0.1, 0.15) is 5.69 Å². The average Bonchev–Trinajstić information content (AvgIpc) is 2.58. The van der Waals surface area contributed by atoms with Crippen molar-refractivity contribution in [3.8, 4) is 17.6 Å². The van der Waals surface area contributed by atoms with E-state index in [0.29, 0.717) is 17.4 Å². The fourth-order valence-electron chi connectivity index (χ4n) is 1.21. The quantitative estimate of drug-likeness (QED) is 0.782. The van der Waals surface area contributed by atoms with E-state index >= 15 is 0 Å². The van der Waals surface area contributed by atoms with Crippen LogP contribution in [0.3, 0.4) is 0 Å². The third-order valence-electron chi connectivity index (χ3n) is 1.87. The highest BCUT2D eigenvalue weighted by atomic mass is 16.5. The molecule has 0 aliphatic rings. The Morgan fingerprint density at radius 2 is 2.13 bits per heavy atom. The van der Waals surface area contributed by atoms with Gasteiger partial charge in [-0.25, -0.2) is 9.97 Å². The summed E-state index contributed by atoms with van der Waals surface area (Å²) in [4.78, 5) is 7.84. The third-order valence-corrected chi connectivity index (χ3v) is 1.87. The van der Waals surface area contributed by atoms with Crippen molar-refractivity contribution in [3.05, 3.63) is 24.2 Å². The lowest BCUT2D eigenvalue weighted by Gasteiger charge is -2.02. The van der Waals surface area contributed by atoms with E-state index in [-0.39, 0.29) is 5.88 Å². The van der Waals surface area contributed by atoms with Gasteiger partial charge in [0.05, 0.1) is 12.8 Å². The van der Waals surface area contributed by atoms with Crippen LogP contribution in [0.4, 0.5) is 0 Å². The van der Waals surface area contributed by atoms with E-state index in [1.807, 2.05) is 0 Å². The van der Waals surface area contributed by atoms with Crippen LogP contribution in [-0.4, -0.2) is 32.0 Å². The Kier molecular flexibility index (Phi) is 2.24. The standard InChI is InChI=1S/C9H10N4O2/c1-6-3-9(14)13(12-6)7-4-8(15-2)11-5-10-7/h3-5,14H,1-2H3. The van der Waals surface area contributed by atoms with Crippen molar-refractivity contribution in [1.29, 1.82) is 0 Å². The van der Waals surface area contributed by atoms with Gasteiger partial charge in [-0.3, -0.25) is 0 Å². The molecule has 0 saturated heterocycles. The van der Waals surface area contributed by atoms with Gasteiger partial charge in [0, 0.05) is 12.1 Å². The van der Waals surface area contributed by atoms with Gasteiger partial charge in [0.15, 0.2) is 5.82 Å². The molecule has 6 heteroatoms. The zero-order valence-corrected chi connectivity index (χ0v) is 8.38. The zero-order chi connectivity index (χ0) is 10.8. The molecule has 2 heterocycles. The first-order valence-corrected chi connectivity index (χ1v) is 4.33.